The van der Waals surface area contributed by atoms with Gasteiger partial charge in [-0.1, -0.05) is 19.1 Å². The lowest BCUT2D eigenvalue weighted by atomic mass is 9.90. The van der Waals surface area contributed by atoms with Crippen LogP contribution in [-0.4, -0.2) is 45.3 Å². The number of carbonyl (C=O) groups excluding carboxylic acids is 2. The molecule has 0 aromatic heterocycles. The Bertz CT molecular complexity index is 364. The van der Waals surface area contributed by atoms with Gasteiger partial charge in [0.2, 0.25) is 0 Å². The van der Waals surface area contributed by atoms with E-state index in [0.717, 1.165) is 25.7 Å². The molecule has 0 aromatic carbocycles. The standard InChI is InChI=1S/C17H28O5/c1-3-4-5-6-15-14(7-8-16(15)18)9-10-21-11-12-22-13-17(19)20-2/h4-5,14-15H,3,6-13H2,1-2H3/b5-4-/t14-,15-/m1/s1. The van der Waals surface area contributed by atoms with Crippen molar-refractivity contribution >= 4 is 11.8 Å². The minimum atomic E-state index is -0.382. The van der Waals surface area contributed by atoms with Crippen LogP contribution in [0.15, 0.2) is 12.2 Å². The molecule has 1 fully saturated rings. The molecule has 126 valence electrons. The molecule has 0 aromatic rings. The van der Waals surface area contributed by atoms with Gasteiger partial charge in [-0.3, -0.25) is 4.79 Å². The number of esters is 1. The molecule has 22 heavy (non-hydrogen) atoms. The molecule has 0 spiro atoms. The van der Waals surface area contributed by atoms with Crippen molar-refractivity contribution in [2.45, 2.75) is 39.0 Å². The van der Waals surface area contributed by atoms with Gasteiger partial charge in [0, 0.05) is 18.9 Å². The Kier molecular flexibility index (Phi) is 9.75. The maximum absolute atomic E-state index is 11.9. The van der Waals surface area contributed by atoms with Crippen LogP contribution in [-0.2, 0) is 23.8 Å². The van der Waals surface area contributed by atoms with Gasteiger partial charge in [0.05, 0.1) is 20.3 Å². The third-order valence-electron chi connectivity index (χ3n) is 3.99. The second-order valence-electron chi connectivity index (χ2n) is 5.52. The highest BCUT2D eigenvalue weighted by Gasteiger charge is 2.33. The summed E-state index contributed by atoms with van der Waals surface area (Å²) < 4.78 is 15.1. The smallest absolute Gasteiger partial charge is 0.331 e. The fourth-order valence-electron chi connectivity index (χ4n) is 2.73. The van der Waals surface area contributed by atoms with E-state index in [1.165, 1.54) is 7.11 Å². The predicted octanol–water partition coefficient (Wildman–Crippen LogP) is 2.53. The molecule has 0 heterocycles. The Morgan fingerprint density at radius 3 is 2.73 bits per heavy atom. The van der Waals surface area contributed by atoms with Crippen molar-refractivity contribution < 1.29 is 23.8 Å². The van der Waals surface area contributed by atoms with Crippen LogP contribution >= 0.6 is 0 Å². The largest absolute Gasteiger partial charge is 0.467 e. The molecule has 1 aliphatic rings. The topological polar surface area (TPSA) is 61.8 Å². The lowest BCUT2D eigenvalue weighted by molar-refractivity contribution is -0.146. The van der Waals surface area contributed by atoms with Crippen LogP contribution < -0.4 is 0 Å². The molecular formula is C17H28O5. The second-order valence-corrected chi connectivity index (χ2v) is 5.52. The van der Waals surface area contributed by atoms with Crippen LogP contribution in [0.2, 0.25) is 0 Å². The number of allylic oxidation sites excluding steroid dienone is 2. The van der Waals surface area contributed by atoms with Gasteiger partial charge in [0.25, 0.3) is 0 Å². The van der Waals surface area contributed by atoms with Crippen molar-refractivity contribution in [2.24, 2.45) is 11.8 Å². The maximum atomic E-state index is 11.9. The lowest BCUT2D eigenvalue weighted by Crippen LogP contribution is -2.17. The van der Waals surface area contributed by atoms with E-state index in [-0.39, 0.29) is 18.5 Å². The first-order valence-electron chi connectivity index (χ1n) is 8.09. The number of Topliss-reactive ketones (excluding diaryl/α,β-unsaturated/α-hetero) is 1. The van der Waals surface area contributed by atoms with Gasteiger partial charge in [-0.2, -0.15) is 0 Å². The van der Waals surface area contributed by atoms with Gasteiger partial charge >= 0.3 is 5.97 Å². The highest BCUT2D eigenvalue weighted by molar-refractivity contribution is 5.83. The highest BCUT2D eigenvalue weighted by Crippen LogP contribution is 2.34. The van der Waals surface area contributed by atoms with Gasteiger partial charge in [0.15, 0.2) is 0 Å². The first-order valence-corrected chi connectivity index (χ1v) is 8.09. The molecule has 0 amide bonds. The van der Waals surface area contributed by atoms with Crippen LogP contribution in [0, 0.1) is 11.8 Å². The number of methoxy groups -OCH3 is 1. The lowest BCUT2D eigenvalue weighted by Gasteiger charge is -2.16. The Morgan fingerprint density at radius 2 is 2.00 bits per heavy atom. The molecular weight excluding hydrogens is 284 g/mol. The number of ether oxygens (including phenoxy) is 3. The summed E-state index contributed by atoms with van der Waals surface area (Å²) >= 11 is 0. The quantitative estimate of drug-likeness (QED) is 0.333. The molecule has 0 aliphatic heterocycles. The van der Waals surface area contributed by atoms with E-state index < -0.39 is 0 Å². The maximum Gasteiger partial charge on any atom is 0.331 e. The van der Waals surface area contributed by atoms with Crippen LogP contribution in [0.1, 0.15) is 39.0 Å². The minimum Gasteiger partial charge on any atom is -0.467 e. The summed E-state index contributed by atoms with van der Waals surface area (Å²) in [7, 11) is 1.33. The Morgan fingerprint density at radius 1 is 1.23 bits per heavy atom. The average Bonchev–Trinajstić information content (AvgIpc) is 2.87. The molecule has 0 N–H and O–H groups in total. The van der Waals surface area contributed by atoms with Crippen LogP contribution in [0.4, 0.5) is 0 Å². The van der Waals surface area contributed by atoms with E-state index in [2.05, 4.69) is 23.8 Å². The van der Waals surface area contributed by atoms with Crippen molar-refractivity contribution in [3.8, 4) is 0 Å². The van der Waals surface area contributed by atoms with Crippen molar-refractivity contribution in [1.29, 1.82) is 0 Å². The van der Waals surface area contributed by atoms with Crippen molar-refractivity contribution in [3.05, 3.63) is 12.2 Å². The summed E-state index contributed by atoms with van der Waals surface area (Å²) in [5.74, 6) is 0.617. The van der Waals surface area contributed by atoms with Crippen molar-refractivity contribution in [2.75, 3.05) is 33.5 Å². The first-order chi connectivity index (χ1) is 10.7. The number of hydrogen-bond donors (Lipinski definition) is 0. The zero-order valence-electron chi connectivity index (χ0n) is 13.7. The van der Waals surface area contributed by atoms with E-state index in [1.807, 2.05) is 0 Å². The summed E-state index contributed by atoms with van der Waals surface area (Å²) in [4.78, 5) is 22.7. The van der Waals surface area contributed by atoms with E-state index in [1.54, 1.807) is 0 Å². The molecule has 5 heteroatoms. The van der Waals surface area contributed by atoms with Crippen LogP contribution in [0.25, 0.3) is 0 Å². The summed E-state index contributed by atoms with van der Waals surface area (Å²) in [6.45, 7) is 3.52. The number of ketones is 1. The molecule has 2 atom stereocenters. The minimum absolute atomic E-state index is 0.0389. The molecule has 5 nitrogen and oxygen atoms in total. The summed E-state index contributed by atoms with van der Waals surface area (Å²) in [6, 6.07) is 0. The van der Waals surface area contributed by atoms with Crippen molar-refractivity contribution in [3.63, 3.8) is 0 Å². The third kappa shape index (κ3) is 7.18. The van der Waals surface area contributed by atoms with Gasteiger partial charge in [0.1, 0.15) is 12.4 Å². The van der Waals surface area contributed by atoms with E-state index in [4.69, 9.17) is 9.47 Å². The fraction of sp³-hybridized carbons (Fsp3) is 0.765. The van der Waals surface area contributed by atoms with Crippen LogP contribution in [0.3, 0.4) is 0 Å². The van der Waals surface area contributed by atoms with Crippen molar-refractivity contribution in [1.82, 2.24) is 0 Å². The second kappa shape index (κ2) is 11.4. The first kappa shape index (κ1) is 18.8. The molecule has 1 aliphatic carbocycles. The number of rotatable bonds is 11. The van der Waals surface area contributed by atoms with E-state index in [0.29, 0.717) is 37.9 Å². The molecule has 1 saturated carbocycles. The molecule has 0 bridgehead atoms. The average molecular weight is 312 g/mol. The van der Waals surface area contributed by atoms with E-state index in [9.17, 15) is 9.59 Å². The molecule has 1 rings (SSSR count). The number of hydrogen-bond acceptors (Lipinski definition) is 5. The predicted molar refractivity (Wildman–Crippen MR) is 83.5 cm³/mol. The van der Waals surface area contributed by atoms with E-state index >= 15 is 0 Å². The molecule has 0 radical (unpaired) electrons. The molecule has 0 unspecified atom stereocenters. The Hall–Kier alpha value is -1.20. The van der Waals surface area contributed by atoms with Gasteiger partial charge in [-0.15, -0.1) is 0 Å². The normalized spacial score (nSPS) is 21.6. The molecule has 0 saturated heterocycles. The van der Waals surface area contributed by atoms with Gasteiger partial charge < -0.3 is 14.2 Å². The SMILES string of the molecule is CC/C=C\C[C@H]1C(=O)CC[C@@H]1CCOCCOCC(=O)OC. The Balaban J connectivity index is 2.11. The summed E-state index contributed by atoms with van der Waals surface area (Å²) in [5, 5.41) is 0. The summed E-state index contributed by atoms with van der Waals surface area (Å²) in [6.07, 6.45) is 8.72. The zero-order valence-corrected chi connectivity index (χ0v) is 13.7. The van der Waals surface area contributed by atoms with Gasteiger partial charge in [-0.05, 0) is 31.6 Å². The van der Waals surface area contributed by atoms with Crippen LogP contribution in [0.5, 0.6) is 0 Å². The fourth-order valence-corrected chi connectivity index (χ4v) is 2.73. The summed E-state index contributed by atoms with van der Waals surface area (Å²) in [5.41, 5.74) is 0. The number of carbonyl (C=O) groups is 2. The zero-order chi connectivity index (χ0) is 16.2. The third-order valence-corrected chi connectivity index (χ3v) is 3.99. The monoisotopic (exact) mass is 312 g/mol. The van der Waals surface area contributed by atoms with Gasteiger partial charge in [-0.25, -0.2) is 4.79 Å². The Labute approximate surface area is 133 Å². The highest BCUT2D eigenvalue weighted by atomic mass is 16.6.